The number of benzene rings is 2. The fourth-order valence-corrected chi connectivity index (χ4v) is 2.67. The van der Waals surface area contributed by atoms with Crippen LogP contribution in [-0.4, -0.2) is 16.8 Å². The number of rotatable bonds is 7. The molecule has 2 N–H and O–H groups in total. The van der Waals surface area contributed by atoms with Crippen molar-refractivity contribution in [1.82, 2.24) is 10.3 Å². The number of aromatic nitrogens is 1. The van der Waals surface area contributed by atoms with Gasteiger partial charge in [-0.2, -0.15) is 5.26 Å². The van der Waals surface area contributed by atoms with Crippen LogP contribution in [0.3, 0.4) is 0 Å². The van der Waals surface area contributed by atoms with Crippen LogP contribution < -0.4 is 15.4 Å². The molecule has 0 unspecified atom stereocenters. The Morgan fingerprint density at radius 1 is 1.10 bits per heavy atom. The molecule has 0 fully saturated rings. The lowest BCUT2D eigenvalue weighted by atomic mass is 10.2. The highest BCUT2D eigenvalue weighted by Gasteiger charge is 2.08. The maximum absolute atomic E-state index is 13.3. The number of pyridine rings is 1. The van der Waals surface area contributed by atoms with E-state index in [1.807, 2.05) is 0 Å². The van der Waals surface area contributed by atoms with E-state index in [9.17, 15) is 14.0 Å². The van der Waals surface area contributed by atoms with Crippen molar-refractivity contribution in [1.29, 1.82) is 5.26 Å². The Kier molecular flexibility index (Phi) is 6.91. The average molecular weight is 418 g/mol. The topological polar surface area (TPSA) is 104 Å². The second kappa shape index (κ2) is 9.98. The number of amides is 2. The van der Waals surface area contributed by atoms with Crippen LogP contribution in [0.25, 0.3) is 0 Å². The number of carbonyl (C=O) groups excluding carboxylic acids is 2. The number of hydrogen-bond acceptors (Lipinski definition) is 5. The Hall–Kier alpha value is -4.25. The van der Waals surface area contributed by atoms with Gasteiger partial charge in [-0.15, -0.1) is 0 Å². The smallest absolute Gasteiger partial charge is 0.319 e. The van der Waals surface area contributed by atoms with Gasteiger partial charge in [-0.1, -0.05) is 19.1 Å². The molecule has 156 valence electrons. The van der Waals surface area contributed by atoms with Crippen molar-refractivity contribution in [2.75, 3.05) is 5.32 Å². The predicted molar refractivity (Wildman–Crippen MR) is 112 cm³/mol. The molecule has 3 aromatic rings. The molecule has 0 saturated carbocycles. The first kappa shape index (κ1) is 21.5. The van der Waals surface area contributed by atoms with Crippen molar-refractivity contribution in [2.24, 2.45) is 0 Å². The van der Waals surface area contributed by atoms with Crippen molar-refractivity contribution in [3.05, 3.63) is 83.4 Å². The summed E-state index contributed by atoms with van der Waals surface area (Å²) in [5.74, 6) is 0.378. The molecule has 2 amide bonds. The zero-order chi connectivity index (χ0) is 22.2. The first-order valence-corrected chi connectivity index (χ1v) is 9.49. The number of halogens is 1. The highest BCUT2D eigenvalue weighted by atomic mass is 19.1. The van der Waals surface area contributed by atoms with Crippen LogP contribution in [0.15, 0.2) is 60.8 Å². The van der Waals surface area contributed by atoms with Gasteiger partial charge in [0.15, 0.2) is 5.78 Å². The quantitative estimate of drug-likeness (QED) is 0.537. The van der Waals surface area contributed by atoms with Crippen molar-refractivity contribution in [3.8, 4) is 17.6 Å². The lowest BCUT2D eigenvalue weighted by Crippen LogP contribution is -2.28. The van der Waals surface area contributed by atoms with E-state index in [0.29, 0.717) is 29.3 Å². The van der Waals surface area contributed by atoms with E-state index in [2.05, 4.69) is 15.6 Å². The maximum Gasteiger partial charge on any atom is 0.319 e. The monoisotopic (exact) mass is 418 g/mol. The molecule has 0 aliphatic rings. The number of anilines is 1. The molecule has 0 bridgehead atoms. The van der Waals surface area contributed by atoms with E-state index in [0.717, 1.165) is 11.6 Å². The van der Waals surface area contributed by atoms with Crippen molar-refractivity contribution in [3.63, 3.8) is 0 Å². The van der Waals surface area contributed by atoms with Gasteiger partial charge in [0.1, 0.15) is 29.1 Å². The minimum absolute atomic E-state index is 0.0605. The van der Waals surface area contributed by atoms with Gasteiger partial charge >= 0.3 is 6.03 Å². The number of nitrogens with one attached hydrogen (secondary N) is 2. The third-order valence-electron chi connectivity index (χ3n) is 4.30. The van der Waals surface area contributed by atoms with Gasteiger partial charge in [0.05, 0.1) is 5.56 Å². The largest absolute Gasteiger partial charge is 0.457 e. The number of ether oxygens (including phenoxy) is 1. The van der Waals surface area contributed by atoms with E-state index in [1.165, 1.54) is 18.3 Å². The second-order valence-corrected chi connectivity index (χ2v) is 6.51. The SMILES string of the molecule is CCC(=O)c1cc(Oc2ccc(CNC(=O)Nc3ccc(F)c(C#N)c3)cc2)ccn1. The van der Waals surface area contributed by atoms with Crippen molar-refractivity contribution >= 4 is 17.5 Å². The molecule has 3 rings (SSSR count). The fraction of sp³-hybridized carbons (Fsp3) is 0.130. The van der Waals surface area contributed by atoms with Crippen molar-refractivity contribution in [2.45, 2.75) is 19.9 Å². The Labute approximate surface area is 178 Å². The fourth-order valence-electron chi connectivity index (χ4n) is 2.67. The van der Waals surface area contributed by atoms with Crippen LogP contribution in [0.5, 0.6) is 11.5 Å². The Morgan fingerprint density at radius 3 is 2.58 bits per heavy atom. The average Bonchev–Trinajstić information content (AvgIpc) is 2.79. The minimum atomic E-state index is -0.643. The zero-order valence-electron chi connectivity index (χ0n) is 16.7. The summed E-state index contributed by atoms with van der Waals surface area (Å²) in [5.41, 5.74) is 1.36. The van der Waals surface area contributed by atoms with Gasteiger partial charge < -0.3 is 15.4 Å². The van der Waals surface area contributed by atoms with E-state index in [-0.39, 0.29) is 17.9 Å². The number of hydrogen-bond donors (Lipinski definition) is 2. The normalized spacial score (nSPS) is 10.1. The lowest BCUT2D eigenvalue weighted by molar-refractivity contribution is 0.0983. The molecule has 7 nitrogen and oxygen atoms in total. The molecule has 0 aliphatic carbocycles. The molecule has 0 atom stereocenters. The van der Waals surface area contributed by atoms with Crippen LogP contribution in [0, 0.1) is 17.1 Å². The van der Waals surface area contributed by atoms with E-state index in [4.69, 9.17) is 10.00 Å². The second-order valence-electron chi connectivity index (χ2n) is 6.51. The minimum Gasteiger partial charge on any atom is -0.457 e. The molecule has 0 saturated heterocycles. The summed E-state index contributed by atoms with van der Waals surface area (Å²) in [4.78, 5) is 27.8. The van der Waals surface area contributed by atoms with Crippen LogP contribution in [0.2, 0.25) is 0 Å². The molecule has 1 aromatic heterocycles. The zero-order valence-corrected chi connectivity index (χ0v) is 16.7. The Morgan fingerprint density at radius 2 is 1.87 bits per heavy atom. The number of carbonyl (C=O) groups is 2. The van der Waals surface area contributed by atoms with Crippen LogP contribution in [0.1, 0.15) is 35.0 Å². The predicted octanol–water partition coefficient (Wildman–Crippen LogP) is 4.80. The standard InChI is InChI=1S/C23H19FN4O3/c1-2-22(29)21-12-19(9-10-26-21)31-18-6-3-15(4-7-18)14-27-23(30)28-17-5-8-20(24)16(11-17)13-25/h3-12H,2,14H2,1H3,(H2,27,28,30). The van der Waals surface area contributed by atoms with Crippen LogP contribution in [0.4, 0.5) is 14.9 Å². The summed E-state index contributed by atoms with van der Waals surface area (Å²) in [6.07, 6.45) is 1.89. The summed E-state index contributed by atoms with van der Waals surface area (Å²) >= 11 is 0. The summed E-state index contributed by atoms with van der Waals surface area (Å²) in [6.45, 7) is 2.02. The molecule has 31 heavy (non-hydrogen) atoms. The number of urea groups is 1. The van der Waals surface area contributed by atoms with Gasteiger partial charge in [0.25, 0.3) is 0 Å². The van der Waals surface area contributed by atoms with Gasteiger partial charge in [-0.25, -0.2) is 9.18 Å². The van der Waals surface area contributed by atoms with Gasteiger partial charge in [0, 0.05) is 30.9 Å². The van der Waals surface area contributed by atoms with Crippen LogP contribution in [-0.2, 0) is 6.54 Å². The van der Waals surface area contributed by atoms with Crippen LogP contribution >= 0.6 is 0 Å². The third-order valence-corrected chi connectivity index (χ3v) is 4.30. The highest BCUT2D eigenvalue weighted by Crippen LogP contribution is 2.22. The van der Waals surface area contributed by atoms with Gasteiger partial charge in [-0.3, -0.25) is 9.78 Å². The number of nitrogens with zero attached hydrogens (tertiary/aromatic N) is 2. The van der Waals surface area contributed by atoms with E-state index in [1.54, 1.807) is 49.4 Å². The summed E-state index contributed by atoms with van der Waals surface area (Å²) in [7, 11) is 0. The summed E-state index contributed by atoms with van der Waals surface area (Å²) in [6, 6.07) is 15.3. The summed E-state index contributed by atoms with van der Waals surface area (Å²) in [5, 5.41) is 14.1. The Bertz CT molecular complexity index is 1140. The summed E-state index contributed by atoms with van der Waals surface area (Å²) < 4.78 is 19.1. The maximum atomic E-state index is 13.3. The van der Waals surface area contributed by atoms with E-state index >= 15 is 0 Å². The van der Waals surface area contributed by atoms with Gasteiger partial charge in [-0.05, 0) is 42.0 Å². The first-order chi connectivity index (χ1) is 15.0. The molecule has 8 heteroatoms. The molecule has 0 aliphatic heterocycles. The molecule has 0 radical (unpaired) electrons. The number of ketones is 1. The molecule has 2 aromatic carbocycles. The Balaban J connectivity index is 1.54. The molecular weight excluding hydrogens is 399 g/mol. The third kappa shape index (κ3) is 5.87. The number of Topliss-reactive ketones (excluding diaryl/α,β-unsaturated/α-hetero) is 1. The lowest BCUT2D eigenvalue weighted by Gasteiger charge is -2.10. The molecular formula is C23H19FN4O3. The first-order valence-electron chi connectivity index (χ1n) is 9.49. The van der Waals surface area contributed by atoms with Gasteiger partial charge in [0.2, 0.25) is 0 Å². The van der Waals surface area contributed by atoms with E-state index < -0.39 is 11.8 Å². The number of nitriles is 1. The molecule has 1 heterocycles. The van der Waals surface area contributed by atoms with Crippen molar-refractivity contribution < 1.29 is 18.7 Å². The highest BCUT2D eigenvalue weighted by molar-refractivity contribution is 5.94. The molecule has 0 spiro atoms.